The Labute approximate surface area is 120 Å². The van der Waals surface area contributed by atoms with E-state index in [4.69, 9.17) is 10.5 Å². The molecule has 0 aliphatic carbocycles. The molecule has 0 radical (unpaired) electrons. The van der Waals surface area contributed by atoms with Gasteiger partial charge in [-0.05, 0) is 30.7 Å². The molecule has 2 N–H and O–H groups in total. The number of benzene rings is 1. The van der Waals surface area contributed by atoms with Gasteiger partial charge >= 0.3 is 0 Å². The molecule has 0 saturated heterocycles. The largest absolute Gasteiger partial charge is 0.367 e. The van der Waals surface area contributed by atoms with Crippen LogP contribution in [0.3, 0.4) is 0 Å². The molecule has 2 rings (SSSR count). The Hall–Kier alpha value is -0.680. The van der Waals surface area contributed by atoms with Gasteiger partial charge in [0.15, 0.2) is 0 Å². The maximum Gasteiger partial charge on any atom is 0.104 e. The van der Waals surface area contributed by atoms with Crippen LogP contribution in [0.5, 0.6) is 0 Å². The number of rotatable bonds is 5. The van der Waals surface area contributed by atoms with Gasteiger partial charge in [-0.3, -0.25) is 0 Å². The highest BCUT2D eigenvalue weighted by Crippen LogP contribution is 2.26. The van der Waals surface area contributed by atoms with Crippen LogP contribution in [0.25, 0.3) is 0 Å². The molecule has 0 saturated carbocycles. The van der Waals surface area contributed by atoms with Crippen molar-refractivity contribution in [2.75, 3.05) is 6.54 Å². The number of hydrogen-bond donors (Lipinski definition) is 1. The molecule has 2 aromatic rings. The summed E-state index contributed by atoms with van der Waals surface area (Å²) < 4.78 is 6.99. The van der Waals surface area contributed by atoms with Gasteiger partial charge in [0.05, 0.1) is 6.61 Å². The van der Waals surface area contributed by atoms with Crippen molar-refractivity contribution in [3.8, 4) is 0 Å². The molecule has 1 unspecified atom stereocenters. The molecule has 2 nitrogen and oxygen atoms in total. The average molecular weight is 326 g/mol. The first-order valence-electron chi connectivity index (χ1n) is 5.82. The molecule has 4 heteroatoms. The highest BCUT2D eigenvalue weighted by molar-refractivity contribution is 9.10. The number of thiophene rings is 1. The van der Waals surface area contributed by atoms with Crippen LogP contribution >= 0.6 is 27.3 Å². The van der Waals surface area contributed by atoms with Gasteiger partial charge in [0, 0.05) is 20.8 Å². The number of nitrogens with two attached hydrogens (primary N) is 1. The minimum Gasteiger partial charge on any atom is -0.367 e. The molecule has 1 aromatic heterocycles. The SMILES string of the molecule is Cc1ccc(C(CN)OCc2ccccc2Br)s1. The molecule has 0 bridgehead atoms. The number of halogens is 1. The third-order valence-corrected chi connectivity index (χ3v) is 4.56. The Bertz CT molecular complexity index is 512. The zero-order valence-electron chi connectivity index (χ0n) is 10.2. The van der Waals surface area contributed by atoms with E-state index in [0.29, 0.717) is 13.2 Å². The Morgan fingerprint density at radius 1 is 1.28 bits per heavy atom. The van der Waals surface area contributed by atoms with Crippen molar-refractivity contribution < 1.29 is 4.74 Å². The predicted molar refractivity (Wildman–Crippen MR) is 79.8 cm³/mol. The monoisotopic (exact) mass is 325 g/mol. The summed E-state index contributed by atoms with van der Waals surface area (Å²) in [5, 5.41) is 0. The van der Waals surface area contributed by atoms with Crippen LogP contribution in [0.1, 0.15) is 21.4 Å². The van der Waals surface area contributed by atoms with E-state index in [1.165, 1.54) is 9.75 Å². The van der Waals surface area contributed by atoms with Crippen LogP contribution in [-0.4, -0.2) is 6.54 Å². The topological polar surface area (TPSA) is 35.2 Å². The van der Waals surface area contributed by atoms with Gasteiger partial charge in [-0.1, -0.05) is 34.1 Å². The summed E-state index contributed by atoms with van der Waals surface area (Å²) in [6, 6.07) is 12.3. The fourth-order valence-corrected chi connectivity index (χ4v) is 3.04. The van der Waals surface area contributed by atoms with Crippen molar-refractivity contribution in [2.45, 2.75) is 19.6 Å². The van der Waals surface area contributed by atoms with E-state index in [1.807, 2.05) is 18.2 Å². The smallest absolute Gasteiger partial charge is 0.104 e. The van der Waals surface area contributed by atoms with Crippen molar-refractivity contribution in [3.63, 3.8) is 0 Å². The molecule has 1 atom stereocenters. The van der Waals surface area contributed by atoms with Crippen LogP contribution in [0.15, 0.2) is 40.9 Å². The molecular formula is C14H16BrNOS. The van der Waals surface area contributed by atoms with Crippen molar-refractivity contribution in [1.29, 1.82) is 0 Å². The second-order valence-electron chi connectivity index (χ2n) is 4.08. The Kier molecular flexibility index (Phi) is 4.95. The number of hydrogen-bond acceptors (Lipinski definition) is 3. The van der Waals surface area contributed by atoms with Gasteiger partial charge in [0.2, 0.25) is 0 Å². The van der Waals surface area contributed by atoms with E-state index in [0.717, 1.165) is 10.0 Å². The summed E-state index contributed by atoms with van der Waals surface area (Å²) in [5.74, 6) is 0. The third-order valence-electron chi connectivity index (χ3n) is 2.69. The van der Waals surface area contributed by atoms with Gasteiger partial charge in [-0.25, -0.2) is 0 Å². The second-order valence-corrected chi connectivity index (χ2v) is 6.25. The molecule has 0 fully saturated rings. The van der Waals surface area contributed by atoms with Crippen molar-refractivity contribution in [3.05, 3.63) is 56.2 Å². The van der Waals surface area contributed by atoms with Crippen molar-refractivity contribution in [1.82, 2.24) is 0 Å². The molecule has 0 spiro atoms. The van der Waals surface area contributed by atoms with Crippen molar-refractivity contribution >= 4 is 27.3 Å². The minimum absolute atomic E-state index is 0.0178. The summed E-state index contributed by atoms with van der Waals surface area (Å²) in [6.07, 6.45) is -0.0178. The van der Waals surface area contributed by atoms with Gasteiger partial charge < -0.3 is 10.5 Å². The molecule has 0 aliphatic heterocycles. The highest BCUT2D eigenvalue weighted by atomic mass is 79.9. The van der Waals surface area contributed by atoms with Gasteiger partial charge in [0.1, 0.15) is 6.10 Å². The van der Waals surface area contributed by atoms with Gasteiger partial charge in [-0.2, -0.15) is 0 Å². The summed E-state index contributed by atoms with van der Waals surface area (Å²) >= 11 is 5.26. The first-order valence-corrected chi connectivity index (χ1v) is 7.43. The minimum atomic E-state index is -0.0178. The third kappa shape index (κ3) is 3.42. The lowest BCUT2D eigenvalue weighted by molar-refractivity contribution is 0.0477. The first-order chi connectivity index (χ1) is 8.70. The second kappa shape index (κ2) is 6.48. The van der Waals surface area contributed by atoms with Crippen LogP contribution in [-0.2, 0) is 11.3 Å². The first kappa shape index (κ1) is 13.7. The fourth-order valence-electron chi connectivity index (χ4n) is 1.70. The zero-order valence-corrected chi connectivity index (χ0v) is 12.6. The van der Waals surface area contributed by atoms with E-state index in [2.05, 4.69) is 41.1 Å². The summed E-state index contributed by atoms with van der Waals surface area (Å²) in [5.41, 5.74) is 6.93. The van der Waals surface area contributed by atoms with Gasteiger partial charge in [0.25, 0.3) is 0 Å². The zero-order chi connectivity index (χ0) is 13.0. The average Bonchev–Trinajstić information content (AvgIpc) is 2.79. The van der Waals surface area contributed by atoms with E-state index < -0.39 is 0 Å². The molecule has 0 aliphatic rings. The standard InChI is InChI=1S/C14H16BrNOS/c1-10-6-7-14(18-10)13(8-16)17-9-11-4-2-3-5-12(11)15/h2-7,13H,8-9,16H2,1H3. The summed E-state index contributed by atoms with van der Waals surface area (Å²) in [7, 11) is 0. The summed E-state index contributed by atoms with van der Waals surface area (Å²) in [4.78, 5) is 2.48. The van der Waals surface area contributed by atoms with E-state index in [-0.39, 0.29) is 6.10 Å². The van der Waals surface area contributed by atoms with Crippen LogP contribution in [0.2, 0.25) is 0 Å². The lowest BCUT2D eigenvalue weighted by Gasteiger charge is -2.15. The number of aryl methyl sites for hydroxylation is 1. The quantitative estimate of drug-likeness (QED) is 0.900. The normalized spacial score (nSPS) is 12.6. The molecular weight excluding hydrogens is 310 g/mol. The van der Waals surface area contributed by atoms with Crippen LogP contribution < -0.4 is 5.73 Å². The molecule has 1 heterocycles. The van der Waals surface area contributed by atoms with Gasteiger partial charge in [-0.15, -0.1) is 11.3 Å². The molecule has 96 valence electrons. The Balaban J connectivity index is 2.02. The Morgan fingerprint density at radius 2 is 2.06 bits per heavy atom. The van der Waals surface area contributed by atoms with E-state index in [1.54, 1.807) is 11.3 Å². The fraction of sp³-hybridized carbons (Fsp3) is 0.286. The van der Waals surface area contributed by atoms with E-state index >= 15 is 0 Å². The maximum absolute atomic E-state index is 5.91. The Morgan fingerprint density at radius 3 is 2.67 bits per heavy atom. The lowest BCUT2D eigenvalue weighted by atomic mass is 10.2. The maximum atomic E-state index is 5.91. The lowest BCUT2D eigenvalue weighted by Crippen LogP contribution is -2.14. The highest BCUT2D eigenvalue weighted by Gasteiger charge is 2.12. The molecule has 0 amide bonds. The van der Waals surface area contributed by atoms with Crippen LogP contribution in [0.4, 0.5) is 0 Å². The summed E-state index contributed by atoms with van der Waals surface area (Å²) in [6.45, 7) is 3.17. The van der Waals surface area contributed by atoms with Crippen LogP contribution in [0, 0.1) is 6.92 Å². The molecule has 1 aromatic carbocycles. The predicted octanol–water partition coefficient (Wildman–Crippen LogP) is 4.04. The van der Waals surface area contributed by atoms with Crippen molar-refractivity contribution in [2.24, 2.45) is 5.73 Å². The van der Waals surface area contributed by atoms with E-state index in [9.17, 15) is 0 Å². The molecule has 18 heavy (non-hydrogen) atoms. The number of ether oxygens (including phenoxy) is 1.